The van der Waals surface area contributed by atoms with Gasteiger partial charge in [0.15, 0.2) is 34.9 Å². The molecule has 10 aromatic carbocycles. The van der Waals surface area contributed by atoms with Gasteiger partial charge in [0.2, 0.25) is 0 Å². The molecule has 0 spiro atoms. The van der Waals surface area contributed by atoms with Gasteiger partial charge in [0, 0.05) is 54.9 Å². The van der Waals surface area contributed by atoms with Gasteiger partial charge in [-0.25, -0.2) is 29.9 Å². The second-order valence-electron chi connectivity index (χ2n) is 19.7. The van der Waals surface area contributed by atoms with E-state index in [9.17, 15) is 23.7 Å². The van der Waals surface area contributed by atoms with Crippen LogP contribution in [0.1, 0.15) is 16.7 Å². The van der Waals surface area contributed by atoms with Crippen molar-refractivity contribution in [3.8, 4) is 103 Å². The van der Waals surface area contributed by atoms with Crippen LogP contribution in [0.4, 0.5) is 13.2 Å². The average Bonchev–Trinajstić information content (AvgIpc) is 3.29. The maximum absolute atomic E-state index is 14.9. The van der Waals surface area contributed by atoms with Gasteiger partial charge in [-0.3, -0.25) is 0 Å². The van der Waals surface area contributed by atoms with Gasteiger partial charge < -0.3 is 9.13 Å². The number of hydrogen-bond donors (Lipinski definition) is 0. The van der Waals surface area contributed by atoms with Gasteiger partial charge in [0.25, 0.3) is 0 Å². The minimum Gasteiger partial charge on any atom is -0.308 e. The monoisotopic (exact) mass is 1060 g/mol. The standard InChI is InChI=1S/C69H39F3N10/c70-69(71,72)51-34-42(40-73)33-49(35-51)50-38-61(81-57-27-15-13-25-52(57)54-31-29-47(36-59(54)81)67-77-63(43-17-5-1-6-18-43)75-64(78-67)44-19-7-2-8-20-44)56(41-74)62(39-50)82-58-28-16-14-26-53(58)55-32-30-48(37-60(55)82)68-79-65(45-21-9-3-10-22-45)76-66(80-68)46-23-11-4-12-24-46/h1-39H. The minimum absolute atomic E-state index is 0.125. The molecule has 4 aromatic heterocycles. The Morgan fingerprint density at radius 2 is 0.646 bits per heavy atom. The SMILES string of the molecule is N#Cc1cc(-c2cc(-n3c4ccccc4c4ccc(-c5nc(-c6ccccc6)nc(-c6ccccc6)n5)cc43)c(C#N)c(-n3c4ccccc4c4ccc(-c5nc(-c6ccccc6)nc(-c6ccccc6)n5)cc43)c2)cc(C(F)(F)F)c1. The fourth-order valence-electron chi connectivity index (χ4n) is 10.9. The molecule has 0 aliphatic rings. The van der Waals surface area contributed by atoms with Gasteiger partial charge in [0.05, 0.1) is 50.6 Å². The maximum Gasteiger partial charge on any atom is 0.416 e. The topological polar surface area (TPSA) is 135 Å². The molecule has 0 fully saturated rings. The fourth-order valence-corrected chi connectivity index (χ4v) is 10.9. The maximum atomic E-state index is 14.9. The van der Waals surface area contributed by atoms with E-state index in [1.54, 1.807) is 12.1 Å². The average molecular weight is 1070 g/mol. The Morgan fingerprint density at radius 1 is 0.305 bits per heavy atom. The molecule has 10 nitrogen and oxygen atoms in total. The summed E-state index contributed by atoms with van der Waals surface area (Å²) in [6, 6.07) is 77.6. The molecule has 0 amide bonds. The fraction of sp³-hybridized carbons (Fsp3) is 0.0145. The summed E-state index contributed by atoms with van der Waals surface area (Å²) in [5.41, 5.74) is 7.56. The van der Waals surface area contributed by atoms with E-state index in [1.807, 2.05) is 221 Å². The van der Waals surface area contributed by atoms with Crippen LogP contribution in [0.5, 0.6) is 0 Å². The molecular formula is C69H39F3N10. The molecule has 0 saturated carbocycles. The second-order valence-corrected chi connectivity index (χ2v) is 19.7. The first-order valence-electron chi connectivity index (χ1n) is 26.2. The highest BCUT2D eigenvalue weighted by atomic mass is 19.4. The molecule has 0 saturated heterocycles. The molecular weight excluding hydrogens is 1030 g/mol. The molecule has 4 heterocycles. The summed E-state index contributed by atoms with van der Waals surface area (Å²) in [7, 11) is 0. The van der Waals surface area contributed by atoms with Crippen LogP contribution in [0.25, 0.3) is 134 Å². The number of alkyl halides is 3. The summed E-state index contributed by atoms with van der Waals surface area (Å²) in [5, 5.41) is 25.5. The minimum atomic E-state index is -4.78. The van der Waals surface area contributed by atoms with Crippen molar-refractivity contribution < 1.29 is 13.2 Å². The first-order chi connectivity index (χ1) is 40.2. The van der Waals surface area contributed by atoms with Crippen molar-refractivity contribution in [3.63, 3.8) is 0 Å². The van der Waals surface area contributed by atoms with Gasteiger partial charge >= 0.3 is 6.18 Å². The van der Waals surface area contributed by atoms with Crippen LogP contribution in [-0.2, 0) is 6.18 Å². The zero-order valence-electron chi connectivity index (χ0n) is 43.1. The number of hydrogen-bond acceptors (Lipinski definition) is 8. The van der Waals surface area contributed by atoms with Crippen LogP contribution in [-0.4, -0.2) is 39.0 Å². The number of aromatic nitrogens is 8. The van der Waals surface area contributed by atoms with Crippen molar-refractivity contribution in [3.05, 3.63) is 253 Å². The van der Waals surface area contributed by atoms with Crippen molar-refractivity contribution in [1.29, 1.82) is 10.5 Å². The Kier molecular flexibility index (Phi) is 11.8. The molecule has 0 bridgehead atoms. The van der Waals surface area contributed by atoms with Crippen molar-refractivity contribution in [2.75, 3.05) is 0 Å². The first-order valence-corrected chi connectivity index (χ1v) is 26.2. The summed E-state index contributed by atoms with van der Waals surface area (Å²) in [6.07, 6.45) is -4.78. The zero-order valence-corrected chi connectivity index (χ0v) is 43.1. The van der Waals surface area contributed by atoms with Gasteiger partial charge in [-0.05, 0) is 65.7 Å². The highest BCUT2D eigenvalue weighted by Gasteiger charge is 2.32. The quantitative estimate of drug-likeness (QED) is 0.139. The molecule has 14 rings (SSSR count). The molecule has 14 aromatic rings. The van der Waals surface area contributed by atoms with E-state index >= 15 is 0 Å². The Labute approximate surface area is 466 Å². The van der Waals surface area contributed by atoms with Crippen molar-refractivity contribution in [2.45, 2.75) is 6.18 Å². The van der Waals surface area contributed by atoms with Gasteiger partial charge in [0.1, 0.15) is 11.6 Å². The van der Waals surface area contributed by atoms with E-state index in [0.29, 0.717) is 74.0 Å². The lowest BCUT2D eigenvalue weighted by molar-refractivity contribution is -0.137. The van der Waals surface area contributed by atoms with E-state index in [4.69, 9.17) is 29.9 Å². The predicted molar refractivity (Wildman–Crippen MR) is 314 cm³/mol. The summed E-state index contributed by atoms with van der Waals surface area (Å²) < 4.78 is 48.6. The number of fused-ring (bicyclic) bond motifs is 6. The third-order valence-electron chi connectivity index (χ3n) is 14.7. The third-order valence-corrected chi connectivity index (χ3v) is 14.7. The summed E-state index contributed by atoms with van der Waals surface area (Å²) in [5.74, 6) is 2.71. The van der Waals surface area contributed by atoms with Crippen molar-refractivity contribution in [1.82, 2.24) is 39.0 Å². The molecule has 0 radical (unpaired) electrons. The van der Waals surface area contributed by atoms with Crippen LogP contribution >= 0.6 is 0 Å². The molecule has 0 aliphatic heterocycles. The number of para-hydroxylation sites is 2. The number of nitriles is 2. The van der Waals surface area contributed by atoms with Gasteiger partial charge in [-0.15, -0.1) is 0 Å². The Morgan fingerprint density at radius 3 is 1.01 bits per heavy atom. The van der Waals surface area contributed by atoms with E-state index in [-0.39, 0.29) is 16.7 Å². The number of halogens is 3. The van der Waals surface area contributed by atoms with Crippen LogP contribution in [0.15, 0.2) is 237 Å². The smallest absolute Gasteiger partial charge is 0.308 e. The van der Waals surface area contributed by atoms with Crippen LogP contribution < -0.4 is 0 Å². The highest BCUT2D eigenvalue weighted by Crippen LogP contribution is 2.43. The van der Waals surface area contributed by atoms with Crippen LogP contribution in [0.2, 0.25) is 0 Å². The second kappa shape index (κ2) is 19.8. The highest BCUT2D eigenvalue weighted by molar-refractivity contribution is 6.12. The zero-order chi connectivity index (χ0) is 55.5. The lowest BCUT2D eigenvalue weighted by Gasteiger charge is -2.19. The first kappa shape index (κ1) is 48.9. The van der Waals surface area contributed by atoms with Crippen molar-refractivity contribution >= 4 is 43.6 Å². The summed E-state index contributed by atoms with van der Waals surface area (Å²) in [6.45, 7) is 0. The van der Waals surface area contributed by atoms with Crippen LogP contribution in [0, 0.1) is 22.7 Å². The summed E-state index contributed by atoms with van der Waals surface area (Å²) >= 11 is 0. The lowest BCUT2D eigenvalue weighted by Crippen LogP contribution is -2.07. The van der Waals surface area contributed by atoms with E-state index in [2.05, 4.69) is 6.07 Å². The van der Waals surface area contributed by atoms with Gasteiger partial charge in [-0.1, -0.05) is 182 Å². The molecule has 0 aliphatic carbocycles. The van der Waals surface area contributed by atoms with Gasteiger partial charge in [-0.2, -0.15) is 23.7 Å². The molecule has 82 heavy (non-hydrogen) atoms. The number of nitrogens with zero attached hydrogens (tertiary/aromatic N) is 10. The summed E-state index contributed by atoms with van der Waals surface area (Å²) in [4.78, 5) is 30.1. The third kappa shape index (κ3) is 8.63. The molecule has 0 N–H and O–H groups in total. The Balaban J connectivity index is 1.06. The van der Waals surface area contributed by atoms with E-state index < -0.39 is 11.7 Å². The van der Waals surface area contributed by atoms with Crippen LogP contribution in [0.3, 0.4) is 0 Å². The number of benzene rings is 10. The van der Waals surface area contributed by atoms with E-state index in [0.717, 1.165) is 67.0 Å². The molecule has 0 unspecified atom stereocenters. The Bertz CT molecular complexity index is 4550. The van der Waals surface area contributed by atoms with E-state index in [1.165, 1.54) is 6.07 Å². The van der Waals surface area contributed by atoms with Crippen molar-refractivity contribution in [2.24, 2.45) is 0 Å². The molecule has 13 heteroatoms. The largest absolute Gasteiger partial charge is 0.416 e. The lowest BCUT2D eigenvalue weighted by atomic mass is 9.96. The Hall–Kier alpha value is -11.4. The molecule has 0 atom stereocenters. The molecule has 386 valence electrons. The normalized spacial score (nSPS) is 11.6. The number of rotatable bonds is 9. The predicted octanol–water partition coefficient (Wildman–Crippen LogP) is 16.7.